The SMILES string of the molecule is CCCn1c(=O)n(CCC(=O)N[C@H](C(=O)N2CCCC2)C(C)C)c2ccccc21. The van der Waals surface area contributed by atoms with Gasteiger partial charge in [-0.1, -0.05) is 32.9 Å². The molecule has 3 rings (SSSR count). The van der Waals surface area contributed by atoms with Gasteiger partial charge in [0, 0.05) is 32.6 Å². The summed E-state index contributed by atoms with van der Waals surface area (Å²) in [6.45, 7) is 8.41. The number of hydrogen-bond donors (Lipinski definition) is 1. The van der Waals surface area contributed by atoms with Gasteiger partial charge in [-0.15, -0.1) is 0 Å². The highest BCUT2D eigenvalue weighted by Gasteiger charge is 2.30. The number of aromatic nitrogens is 2. The first-order valence-corrected chi connectivity index (χ1v) is 10.7. The molecule has 7 nitrogen and oxygen atoms in total. The smallest absolute Gasteiger partial charge is 0.329 e. The van der Waals surface area contributed by atoms with Gasteiger partial charge in [-0.3, -0.25) is 18.7 Å². The normalized spacial score (nSPS) is 15.2. The fourth-order valence-electron chi connectivity index (χ4n) is 4.03. The molecular weight excluding hydrogens is 368 g/mol. The summed E-state index contributed by atoms with van der Waals surface area (Å²) in [5.74, 6) is -0.181. The lowest BCUT2D eigenvalue weighted by Crippen LogP contribution is -2.50. The number of carbonyl (C=O) groups excluding carboxylic acids is 2. The quantitative estimate of drug-likeness (QED) is 0.739. The molecule has 0 saturated carbocycles. The van der Waals surface area contributed by atoms with E-state index in [1.807, 2.05) is 49.9 Å². The van der Waals surface area contributed by atoms with Gasteiger partial charge in [0.1, 0.15) is 6.04 Å². The Morgan fingerprint density at radius 3 is 2.17 bits per heavy atom. The third kappa shape index (κ3) is 4.54. The largest absolute Gasteiger partial charge is 0.344 e. The van der Waals surface area contributed by atoms with E-state index >= 15 is 0 Å². The third-order valence-corrected chi connectivity index (χ3v) is 5.60. The summed E-state index contributed by atoms with van der Waals surface area (Å²) in [7, 11) is 0. The summed E-state index contributed by atoms with van der Waals surface area (Å²) < 4.78 is 3.43. The fraction of sp³-hybridized carbons (Fsp3) is 0.591. The van der Waals surface area contributed by atoms with Crippen LogP contribution in [-0.4, -0.2) is 45.0 Å². The van der Waals surface area contributed by atoms with Crippen molar-refractivity contribution in [2.75, 3.05) is 13.1 Å². The van der Waals surface area contributed by atoms with Crippen LogP contribution in [0.1, 0.15) is 46.5 Å². The van der Waals surface area contributed by atoms with E-state index in [0.717, 1.165) is 43.4 Å². The van der Waals surface area contributed by atoms with Gasteiger partial charge < -0.3 is 10.2 Å². The Morgan fingerprint density at radius 2 is 1.62 bits per heavy atom. The Balaban J connectivity index is 1.71. The Labute approximate surface area is 171 Å². The molecule has 1 N–H and O–H groups in total. The third-order valence-electron chi connectivity index (χ3n) is 5.60. The molecule has 0 radical (unpaired) electrons. The summed E-state index contributed by atoms with van der Waals surface area (Å²) in [5, 5.41) is 2.91. The summed E-state index contributed by atoms with van der Waals surface area (Å²) in [5.41, 5.74) is 1.64. The summed E-state index contributed by atoms with van der Waals surface area (Å²) in [4.78, 5) is 40.1. The topological polar surface area (TPSA) is 76.3 Å². The van der Waals surface area contributed by atoms with Crippen LogP contribution in [0.4, 0.5) is 0 Å². The maximum Gasteiger partial charge on any atom is 0.329 e. The molecule has 158 valence electrons. The molecule has 29 heavy (non-hydrogen) atoms. The molecule has 1 saturated heterocycles. The van der Waals surface area contributed by atoms with Crippen molar-refractivity contribution in [1.29, 1.82) is 0 Å². The Kier molecular flexibility index (Phi) is 6.77. The monoisotopic (exact) mass is 400 g/mol. The standard InChI is InChI=1S/C22H32N4O3/c1-4-12-25-17-9-5-6-10-18(17)26(22(25)29)15-11-19(27)23-20(16(2)3)21(28)24-13-7-8-14-24/h5-6,9-10,16,20H,4,7-8,11-15H2,1-3H3,(H,23,27)/t20-/m0/s1. The lowest BCUT2D eigenvalue weighted by Gasteiger charge is -2.26. The number of imidazole rings is 1. The van der Waals surface area contributed by atoms with Gasteiger partial charge >= 0.3 is 5.69 Å². The van der Waals surface area contributed by atoms with Gasteiger partial charge in [0.05, 0.1) is 11.0 Å². The molecule has 0 spiro atoms. The summed E-state index contributed by atoms with van der Waals surface area (Å²) in [6, 6.07) is 7.15. The van der Waals surface area contributed by atoms with Crippen LogP contribution in [0.25, 0.3) is 11.0 Å². The van der Waals surface area contributed by atoms with Crippen LogP contribution in [0.5, 0.6) is 0 Å². The second-order valence-corrected chi connectivity index (χ2v) is 8.15. The van der Waals surface area contributed by atoms with Gasteiger partial charge in [-0.25, -0.2) is 4.79 Å². The van der Waals surface area contributed by atoms with Crippen LogP contribution in [0.3, 0.4) is 0 Å². The molecule has 2 amide bonds. The number of amides is 2. The zero-order valence-corrected chi connectivity index (χ0v) is 17.7. The second-order valence-electron chi connectivity index (χ2n) is 8.15. The molecule has 7 heteroatoms. The number of para-hydroxylation sites is 2. The first kappa shape index (κ1) is 21.1. The predicted octanol–water partition coefficient (Wildman–Crippen LogP) is 2.37. The van der Waals surface area contributed by atoms with Crippen LogP contribution in [-0.2, 0) is 22.7 Å². The highest BCUT2D eigenvalue weighted by molar-refractivity contribution is 5.88. The molecule has 1 atom stereocenters. The lowest BCUT2D eigenvalue weighted by atomic mass is 10.0. The number of carbonyl (C=O) groups is 2. The van der Waals surface area contributed by atoms with Crippen molar-refractivity contribution in [3.05, 3.63) is 34.7 Å². The van der Waals surface area contributed by atoms with E-state index in [1.165, 1.54) is 0 Å². The number of nitrogens with one attached hydrogen (secondary N) is 1. The number of fused-ring (bicyclic) bond motifs is 1. The van der Waals surface area contributed by atoms with E-state index in [0.29, 0.717) is 13.1 Å². The van der Waals surface area contributed by atoms with E-state index in [1.54, 1.807) is 9.13 Å². The number of likely N-dealkylation sites (tertiary alicyclic amines) is 1. The highest BCUT2D eigenvalue weighted by Crippen LogP contribution is 2.15. The van der Waals surface area contributed by atoms with Crippen molar-refractivity contribution in [1.82, 2.24) is 19.4 Å². The summed E-state index contributed by atoms with van der Waals surface area (Å²) >= 11 is 0. The van der Waals surface area contributed by atoms with Gasteiger partial charge in [0.25, 0.3) is 0 Å². The molecule has 1 fully saturated rings. The minimum Gasteiger partial charge on any atom is -0.344 e. The van der Waals surface area contributed by atoms with Crippen molar-refractivity contribution < 1.29 is 9.59 Å². The van der Waals surface area contributed by atoms with Crippen molar-refractivity contribution >= 4 is 22.8 Å². The first-order valence-electron chi connectivity index (χ1n) is 10.7. The van der Waals surface area contributed by atoms with Crippen molar-refractivity contribution in [3.63, 3.8) is 0 Å². The van der Waals surface area contributed by atoms with Crippen LogP contribution >= 0.6 is 0 Å². The Hall–Kier alpha value is -2.57. The van der Waals surface area contributed by atoms with Gasteiger partial charge in [-0.2, -0.15) is 0 Å². The fourth-order valence-corrected chi connectivity index (χ4v) is 4.03. The zero-order chi connectivity index (χ0) is 21.0. The van der Waals surface area contributed by atoms with E-state index < -0.39 is 6.04 Å². The molecule has 0 aliphatic carbocycles. The first-order chi connectivity index (χ1) is 13.9. The highest BCUT2D eigenvalue weighted by atomic mass is 16.2. The number of hydrogen-bond acceptors (Lipinski definition) is 3. The zero-order valence-electron chi connectivity index (χ0n) is 17.7. The lowest BCUT2D eigenvalue weighted by molar-refractivity contribution is -0.136. The van der Waals surface area contributed by atoms with Crippen LogP contribution in [0.2, 0.25) is 0 Å². The average Bonchev–Trinajstić information content (AvgIpc) is 3.32. The van der Waals surface area contributed by atoms with Crippen LogP contribution in [0.15, 0.2) is 29.1 Å². The number of nitrogens with zero attached hydrogens (tertiary/aromatic N) is 3. The molecule has 2 heterocycles. The maximum atomic E-state index is 12.8. The van der Waals surface area contributed by atoms with E-state index in [4.69, 9.17) is 0 Å². The van der Waals surface area contributed by atoms with Crippen molar-refractivity contribution in [3.8, 4) is 0 Å². The molecule has 1 aromatic carbocycles. The second kappa shape index (κ2) is 9.29. The minimum absolute atomic E-state index is 0.00238. The van der Waals surface area contributed by atoms with Crippen molar-refractivity contribution in [2.45, 2.75) is 65.6 Å². The van der Waals surface area contributed by atoms with E-state index in [-0.39, 0.29) is 29.8 Å². The Morgan fingerprint density at radius 1 is 1.03 bits per heavy atom. The van der Waals surface area contributed by atoms with E-state index in [2.05, 4.69) is 5.32 Å². The average molecular weight is 401 g/mol. The Bertz CT molecular complexity index is 922. The molecule has 1 aromatic heterocycles. The van der Waals surface area contributed by atoms with E-state index in [9.17, 15) is 14.4 Å². The molecule has 0 unspecified atom stereocenters. The number of aryl methyl sites for hydroxylation is 2. The van der Waals surface area contributed by atoms with Gasteiger partial charge in [0.15, 0.2) is 0 Å². The van der Waals surface area contributed by atoms with Crippen LogP contribution in [0, 0.1) is 5.92 Å². The molecule has 1 aliphatic heterocycles. The molecule has 0 bridgehead atoms. The van der Waals surface area contributed by atoms with Gasteiger partial charge in [0.2, 0.25) is 11.8 Å². The van der Waals surface area contributed by atoms with Crippen LogP contribution < -0.4 is 11.0 Å². The minimum atomic E-state index is -0.515. The maximum absolute atomic E-state index is 12.8. The molecular formula is C22H32N4O3. The van der Waals surface area contributed by atoms with Crippen molar-refractivity contribution in [2.24, 2.45) is 5.92 Å². The molecule has 2 aromatic rings. The van der Waals surface area contributed by atoms with Gasteiger partial charge in [-0.05, 0) is 37.3 Å². The molecule has 1 aliphatic rings. The number of benzene rings is 1. The predicted molar refractivity (Wildman–Crippen MR) is 114 cm³/mol. The summed E-state index contributed by atoms with van der Waals surface area (Å²) in [6.07, 6.45) is 3.07. The number of rotatable bonds is 8.